The van der Waals surface area contributed by atoms with E-state index in [0.717, 1.165) is 38.5 Å². The van der Waals surface area contributed by atoms with Crippen LogP contribution in [0.25, 0.3) is 0 Å². The number of phosphoric acid groups is 1. The number of esters is 2. The monoisotopic (exact) mass is 913 g/mol. The van der Waals surface area contributed by atoms with Gasteiger partial charge in [0.15, 0.2) is 6.10 Å². The lowest BCUT2D eigenvalue weighted by molar-refractivity contribution is -0.161. The molecule has 374 valence electrons. The van der Waals surface area contributed by atoms with E-state index in [2.05, 4.69) is 26.0 Å². The van der Waals surface area contributed by atoms with Gasteiger partial charge in [-0.3, -0.25) is 18.6 Å². The topological polar surface area (TPSA) is 108 Å². The maximum absolute atomic E-state index is 12.6. The first-order valence-corrected chi connectivity index (χ1v) is 29.0. The molecule has 0 spiro atoms. The van der Waals surface area contributed by atoms with Crippen LogP contribution in [0.4, 0.5) is 0 Å². The van der Waals surface area contributed by atoms with Crippen molar-refractivity contribution in [3.05, 3.63) is 12.2 Å². The molecule has 1 N–H and O–H groups in total. The molecule has 0 rings (SSSR count). The van der Waals surface area contributed by atoms with Crippen LogP contribution in [0.1, 0.15) is 297 Å². The molecule has 0 aliphatic carbocycles. The first-order valence-electron chi connectivity index (χ1n) is 27.5. The second kappa shape index (κ2) is 50.2. The summed E-state index contributed by atoms with van der Waals surface area (Å²) in [6.07, 6.45) is 57.1. The molecule has 0 amide bonds. The van der Waals surface area contributed by atoms with Gasteiger partial charge >= 0.3 is 19.8 Å². The molecule has 0 aromatic carbocycles. The van der Waals surface area contributed by atoms with Crippen LogP contribution in [-0.2, 0) is 32.7 Å². The van der Waals surface area contributed by atoms with E-state index in [1.807, 2.05) is 0 Å². The summed E-state index contributed by atoms with van der Waals surface area (Å²) in [6.45, 7) is 5.55. The molecule has 0 aromatic heterocycles. The van der Waals surface area contributed by atoms with E-state index in [1.165, 1.54) is 225 Å². The van der Waals surface area contributed by atoms with Gasteiger partial charge in [-0.15, -0.1) is 0 Å². The average Bonchev–Trinajstić information content (AvgIpc) is 3.26. The van der Waals surface area contributed by atoms with Gasteiger partial charge < -0.3 is 14.4 Å². The molecule has 0 fully saturated rings. The van der Waals surface area contributed by atoms with Crippen molar-refractivity contribution in [2.45, 2.75) is 303 Å². The van der Waals surface area contributed by atoms with E-state index in [4.69, 9.17) is 18.5 Å². The molecule has 63 heavy (non-hydrogen) atoms. The SMILES string of the molecule is CCCCCCCCCC/C=C\CCCCCCCCCCCCCC(=O)OC(COC(=O)CCCCCCCCCCCCCCCCCCCCCC)COP(=O)(O)OCC. The average molecular weight is 913 g/mol. The van der Waals surface area contributed by atoms with E-state index < -0.39 is 19.9 Å². The zero-order valence-corrected chi connectivity index (χ0v) is 42.9. The predicted molar refractivity (Wildman–Crippen MR) is 267 cm³/mol. The van der Waals surface area contributed by atoms with Crippen molar-refractivity contribution in [1.29, 1.82) is 0 Å². The van der Waals surface area contributed by atoms with Gasteiger partial charge in [-0.2, -0.15) is 0 Å². The quantitative estimate of drug-likeness (QED) is 0.0278. The zero-order chi connectivity index (χ0) is 46.0. The fourth-order valence-electron chi connectivity index (χ4n) is 8.28. The lowest BCUT2D eigenvalue weighted by Gasteiger charge is -2.19. The summed E-state index contributed by atoms with van der Waals surface area (Å²) in [5.41, 5.74) is 0. The van der Waals surface area contributed by atoms with Gasteiger partial charge in [-0.25, -0.2) is 4.57 Å². The summed E-state index contributed by atoms with van der Waals surface area (Å²) in [7, 11) is -4.28. The van der Waals surface area contributed by atoms with E-state index >= 15 is 0 Å². The number of hydrogen-bond donors (Lipinski definition) is 1. The number of rotatable bonds is 52. The number of phosphoric ester groups is 1. The van der Waals surface area contributed by atoms with Crippen LogP contribution in [0.5, 0.6) is 0 Å². The largest absolute Gasteiger partial charge is 0.472 e. The summed E-state index contributed by atoms with van der Waals surface area (Å²) in [5.74, 6) is -0.778. The Morgan fingerprint density at radius 3 is 1.05 bits per heavy atom. The normalized spacial score (nSPS) is 13.1. The summed E-state index contributed by atoms with van der Waals surface area (Å²) in [6, 6.07) is 0. The molecule has 0 aliphatic rings. The third-order valence-corrected chi connectivity index (χ3v) is 13.4. The molecule has 0 radical (unpaired) electrons. The Kier molecular flexibility index (Phi) is 49.2. The standard InChI is InChI=1S/C54H105O8P/c1-4-7-9-11-13-15-17-19-21-23-25-27-28-29-31-33-35-37-39-41-43-45-47-49-54(56)62-52(51-61-63(57,58)60-6-3)50-59-53(55)48-46-44-42-40-38-36-34-32-30-26-24-22-20-18-16-14-12-10-8-5-2/h23,25,52H,4-22,24,26-51H2,1-3H3,(H,57,58)/b25-23-. The highest BCUT2D eigenvalue weighted by atomic mass is 31.2. The van der Waals surface area contributed by atoms with Gasteiger partial charge in [0, 0.05) is 12.8 Å². The van der Waals surface area contributed by atoms with Gasteiger partial charge in [-0.05, 0) is 45.4 Å². The van der Waals surface area contributed by atoms with Crippen molar-refractivity contribution in [3.8, 4) is 0 Å². The molecular formula is C54H105O8P. The highest BCUT2D eigenvalue weighted by Crippen LogP contribution is 2.43. The lowest BCUT2D eigenvalue weighted by atomic mass is 10.0. The van der Waals surface area contributed by atoms with E-state index in [1.54, 1.807) is 6.92 Å². The number of hydrogen-bond acceptors (Lipinski definition) is 7. The molecular weight excluding hydrogens is 808 g/mol. The molecule has 2 atom stereocenters. The van der Waals surface area contributed by atoms with Crippen LogP contribution in [-0.4, -0.2) is 42.8 Å². The Labute approximate surface area is 391 Å². The van der Waals surface area contributed by atoms with E-state index in [0.29, 0.717) is 6.42 Å². The molecule has 8 nitrogen and oxygen atoms in total. The molecule has 0 saturated heterocycles. The van der Waals surface area contributed by atoms with Crippen LogP contribution in [0.3, 0.4) is 0 Å². The minimum Gasteiger partial charge on any atom is -0.462 e. The van der Waals surface area contributed by atoms with Crippen molar-refractivity contribution in [1.82, 2.24) is 0 Å². The van der Waals surface area contributed by atoms with Crippen LogP contribution in [0, 0.1) is 0 Å². The molecule has 0 saturated carbocycles. The Hall–Kier alpha value is -1.21. The first kappa shape index (κ1) is 61.8. The molecule has 0 heterocycles. The fourth-order valence-corrected chi connectivity index (χ4v) is 9.03. The van der Waals surface area contributed by atoms with Crippen molar-refractivity contribution in [2.75, 3.05) is 19.8 Å². The molecule has 0 bridgehead atoms. The third kappa shape index (κ3) is 50.1. The Balaban J connectivity index is 3.90. The second-order valence-electron chi connectivity index (χ2n) is 18.6. The fraction of sp³-hybridized carbons (Fsp3) is 0.926. The van der Waals surface area contributed by atoms with Gasteiger partial charge in [0.1, 0.15) is 6.61 Å². The second-order valence-corrected chi connectivity index (χ2v) is 20.1. The molecule has 0 aliphatic heterocycles. The molecule has 0 aromatic rings. The van der Waals surface area contributed by atoms with Crippen molar-refractivity contribution < 1.29 is 37.6 Å². The van der Waals surface area contributed by atoms with Crippen molar-refractivity contribution in [3.63, 3.8) is 0 Å². The third-order valence-electron chi connectivity index (χ3n) is 12.3. The minimum absolute atomic E-state index is 0.00420. The Morgan fingerprint density at radius 2 is 0.714 bits per heavy atom. The summed E-state index contributed by atoms with van der Waals surface area (Å²) in [5, 5.41) is 0. The van der Waals surface area contributed by atoms with E-state index in [9.17, 15) is 19.0 Å². The van der Waals surface area contributed by atoms with Crippen LogP contribution >= 0.6 is 7.82 Å². The van der Waals surface area contributed by atoms with Gasteiger partial charge in [0.05, 0.1) is 13.2 Å². The van der Waals surface area contributed by atoms with Gasteiger partial charge in [0.2, 0.25) is 0 Å². The number of unbranched alkanes of at least 4 members (excludes halogenated alkanes) is 38. The van der Waals surface area contributed by atoms with Gasteiger partial charge in [0.25, 0.3) is 0 Å². The lowest BCUT2D eigenvalue weighted by Crippen LogP contribution is -2.29. The highest BCUT2D eigenvalue weighted by Gasteiger charge is 2.25. The van der Waals surface area contributed by atoms with Crippen molar-refractivity contribution >= 4 is 19.8 Å². The molecule has 9 heteroatoms. The number of carbonyl (C=O) groups is 2. The number of carbonyl (C=O) groups excluding carboxylic acids is 2. The minimum atomic E-state index is -4.28. The summed E-state index contributed by atoms with van der Waals surface area (Å²) >= 11 is 0. The smallest absolute Gasteiger partial charge is 0.462 e. The Bertz CT molecular complexity index is 1040. The van der Waals surface area contributed by atoms with Crippen LogP contribution < -0.4 is 0 Å². The summed E-state index contributed by atoms with van der Waals surface area (Å²) in [4.78, 5) is 35.0. The van der Waals surface area contributed by atoms with Crippen molar-refractivity contribution in [2.24, 2.45) is 0 Å². The van der Waals surface area contributed by atoms with Crippen LogP contribution in [0.15, 0.2) is 12.2 Å². The Morgan fingerprint density at radius 1 is 0.413 bits per heavy atom. The maximum Gasteiger partial charge on any atom is 0.472 e. The van der Waals surface area contributed by atoms with E-state index in [-0.39, 0.29) is 32.2 Å². The number of allylic oxidation sites excluding steroid dienone is 2. The zero-order valence-electron chi connectivity index (χ0n) is 42.0. The number of ether oxygens (including phenoxy) is 2. The van der Waals surface area contributed by atoms with Gasteiger partial charge in [-0.1, -0.05) is 251 Å². The molecule has 2 unspecified atom stereocenters. The predicted octanol–water partition coefficient (Wildman–Crippen LogP) is 18.0. The highest BCUT2D eigenvalue weighted by molar-refractivity contribution is 7.47. The summed E-state index contributed by atoms with van der Waals surface area (Å²) < 4.78 is 32.9. The van der Waals surface area contributed by atoms with Crippen LogP contribution in [0.2, 0.25) is 0 Å². The maximum atomic E-state index is 12.6. The first-order chi connectivity index (χ1) is 30.8.